The number of rotatable bonds is 5. The summed E-state index contributed by atoms with van der Waals surface area (Å²) in [4.78, 5) is 20.9. The Labute approximate surface area is 78.7 Å². The maximum absolute atomic E-state index is 10.4. The van der Waals surface area contributed by atoms with Crippen LogP contribution in [0.25, 0.3) is 0 Å². The summed E-state index contributed by atoms with van der Waals surface area (Å²) >= 11 is 0. The van der Waals surface area contributed by atoms with Crippen LogP contribution in [-0.2, 0) is 23.5 Å². The van der Waals surface area contributed by atoms with Gasteiger partial charge < -0.3 is 13.9 Å². The van der Waals surface area contributed by atoms with Gasteiger partial charge in [-0.05, 0) is 0 Å². The molecule has 0 radical (unpaired) electrons. The molecule has 0 aliphatic heterocycles. The Bertz CT molecular complexity index is 164. The zero-order valence-electron chi connectivity index (χ0n) is 8.03. The van der Waals surface area contributed by atoms with Crippen molar-refractivity contribution in [3.63, 3.8) is 0 Å². The standard InChI is InChI=1S/C7H14O5Si/c1-6(8)11-4-13(10-3)5-12-7(2)9/h13H,4-5H2,1-3H3. The summed E-state index contributed by atoms with van der Waals surface area (Å²) in [5.41, 5.74) is 0. The summed E-state index contributed by atoms with van der Waals surface area (Å²) < 4.78 is 14.5. The molecule has 0 amide bonds. The first-order chi connectivity index (χ1) is 6.06. The predicted molar refractivity (Wildman–Crippen MR) is 47.4 cm³/mol. The summed E-state index contributed by atoms with van der Waals surface area (Å²) in [5.74, 6) is -0.699. The van der Waals surface area contributed by atoms with Gasteiger partial charge in [0.15, 0.2) is 0 Å². The molecule has 0 unspecified atom stereocenters. The van der Waals surface area contributed by atoms with Crippen LogP contribution in [0.5, 0.6) is 0 Å². The van der Waals surface area contributed by atoms with Crippen molar-refractivity contribution in [2.75, 3.05) is 19.6 Å². The number of carbonyl (C=O) groups is 2. The highest BCUT2D eigenvalue weighted by Crippen LogP contribution is 1.89. The number of ether oxygens (including phenoxy) is 2. The molecule has 13 heavy (non-hydrogen) atoms. The van der Waals surface area contributed by atoms with Crippen LogP contribution >= 0.6 is 0 Å². The van der Waals surface area contributed by atoms with Crippen molar-refractivity contribution in [3.8, 4) is 0 Å². The Morgan fingerprint density at radius 3 is 1.69 bits per heavy atom. The summed E-state index contributed by atoms with van der Waals surface area (Å²) in [6.07, 6.45) is 0.470. The van der Waals surface area contributed by atoms with Gasteiger partial charge in [-0.15, -0.1) is 0 Å². The Morgan fingerprint density at radius 2 is 1.46 bits per heavy atom. The number of esters is 2. The zero-order valence-corrected chi connectivity index (χ0v) is 9.19. The van der Waals surface area contributed by atoms with E-state index in [0.29, 0.717) is 0 Å². The van der Waals surface area contributed by atoms with Gasteiger partial charge in [0.1, 0.15) is 12.5 Å². The van der Waals surface area contributed by atoms with Gasteiger partial charge in [0.05, 0.1) is 0 Å². The highest BCUT2D eigenvalue weighted by Gasteiger charge is 2.13. The van der Waals surface area contributed by atoms with Crippen LogP contribution in [-0.4, -0.2) is 40.5 Å². The van der Waals surface area contributed by atoms with Gasteiger partial charge in [-0.3, -0.25) is 9.59 Å². The summed E-state index contributed by atoms with van der Waals surface area (Å²) in [6.45, 7) is 2.65. The summed E-state index contributed by atoms with van der Waals surface area (Å²) in [6, 6.07) is 0. The molecule has 0 aliphatic carbocycles. The molecular formula is C7H14O5Si. The Balaban J connectivity index is 3.63. The van der Waals surface area contributed by atoms with Gasteiger partial charge in [0, 0.05) is 21.0 Å². The number of hydrogen-bond donors (Lipinski definition) is 0. The lowest BCUT2D eigenvalue weighted by Gasteiger charge is -2.12. The van der Waals surface area contributed by atoms with Crippen LogP contribution in [0.2, 0.25) is 0 Å². The van der Waals surface area contributed by atoms with Gasteiger partial charge in [-0.1, -0.05) is 0 Å². The van der Waals surface area contributed by atoms with E-state index in [0.717, 1.165) is 0 Å². The average Bonchev–Trinajstić information content (AvgIpc) is 2.04. The normalized spacial score (nSPS) is 9.85. The molecule has 0 N–H and O–H groups in total. The van der Waals surface area contributed by atoms with E-state index in [2.05, 4.69) is 0 Å². The van der Waals surface area contributed by atoms with Gasteiger partial charge in [0.25, 0.3) is 9.04 Å². The Kier molecular flexibility index (Phi) is 6.16. The molecule has 0 spiro atoms. The third-order valence-corrected chi connectivity index (χ3v) is 3.02. The molecule has 5 nitrogen and oxygen atoms in total. The van der Waals surface area contributed by atoms with Crippen molar-refractivity contribution in [1.29, 1.82) is 0 Å². The maximum Gasteiger partial charge on any atom is 0.302 e. The molecule has 0 saturated heterocycles. The van der Waals surface area contributed by atoms with E-state index in [1.807, 2.05) is 0 Å². The summed E-state index contributed by atoms with van der Waals surface area (Å²) in [5, 5.41) is 0. The molecule has 0 saturated carbocycles. The molecule has 0 aromatic rings. The molecule has 0 aliphatic rings. The SMILES string of the molecule is CO[SiH](COC(C)=O)COC(C)=O. The van der Waals surface area contributed by atoms with Crippen LogP contribution in [0.4, 0.5) is 0 Å². The van der Waals surface area contributed by atoms with Crippen molar-refractivity contribution in [1.82, 2.24) is 0 Å². The Morgan fingerprint density at radius 1 is 1.08 bits per heavy atom. The number of carbonyl (C=O) groups excluding carboxylic acids is 2. The molecule has 0 aromatic carbocycles. The maximum atomic E-state index is 10.4. The molecule has 0 aromatic heterocycles. The lowest BCUT2D eigenvalue weighted by atomic mass is 10.8. The van der Waals surface area contributed by atoms with Crippen molar-refractivity contribution < 1.29 is 23.5 Å². The topological polar surface area (TPSA) is 61.8 Å². The molecule has 6 heteroatoms. The van der Waals surface area contributed by atoms with Crippen LogP contribution in [0, 0.1) is 0 Å². The fourth-order valence-corrected chi connectivity index (χ4v) is 1.81. The first-order valence-electron chi connectivity index (χ1n) is 3.85. The highest BCUT2D eigenvalue weighted by molar-refractivity contribution is 6.51. The highest BCUT2D eigenvalue weighted by atomic mass is 28.3. The molecule has 0 rings (SSSR count). The zero-order chi connectivity index (χ0) is 10.3. The van der Waals surface area contributed by atoms with E-state index >= 15 is 0 Å². The van der Waals surface area contributed by atoms with Crippen molar-refractivity contribution in [2.45, 2.75) is 13.8 Å². The van der Waals surface area contributed by atoms with Gasteiger partial charge in [-0.2, -0.15) is 0 Å². The van der Waals surface area contributed by atoms with Crippen LogP contribution in [0.15, 0.2) is 0 Å². The minimum Gasteiger partial charge on any atom is -0.467 e. The first kappa shape index (κ1) is 12.1. The largest absolute Gasteiger partial charge is 0.467 e. The fraction of sp³-hybridized carbons (Fsp3) is 0.714. The third-order valence-electron chi connectivity index (χ3n) is 1.28. The second-order valence-corrected chi connectivity index (χ2v) is 4.84. The first-order valence-corrected chi connectivity index (χ1v) is 5.96. The van der Waals surface area contributed by atoms with Crippen LogP contribution in [0.3, 0.4) is 0 Å². The lowest BCUT2D eigenvalue weighted by molar-refractivity contribution is -0.139. The molecule has 0 bridgehead atoms. The van der Waals surface area contributed by atoms with E-state index < -0.39 is 9.04 Å². The van der Waals surface area contributed by atoms with E-state index in [9.17, 15) is 9.59 Å². The van der Waals surface area contributed by atoms with Gasteiger partial charge in [0.2, 0.25) is 0 Å². The quantitative estimate of drug-likeness (QED) is 0.451. The fourth-order valence-electron chi connectivity index (χ4n) is 0.605. The second kappa shape index (κ2) is 6.61. The van der Waals surface area contributed by atoms with E-state index in [4.69, 9.17) is 13.9 Å². The molecule has 0 heterocycles. The third kappa shape index (κ3) is 7.48. The van der Waals surface area contributed by atoms with Crippen molar-refractivity contribution in [3.05, 3.63) is 0 Å². The van der Waals surface area contributed by atoms with Crippen LogP contribution < -0.4 is 0 Å². The van der Waals surface area contributed by atoms with Gasteiger partial charge >= 0.3 is 11.9 Å². The van der Waals surface area contributed by atoms with Gasteiger partial charge in [-0.25, -0.2) is 0 Å². The minimum absolute atomic E-state index is 0.235. The Hall–Kier alpha value is -0.883. The van der Waals surface area contributed by atoms with Crippen LogP contribution in [0.1, 0.15) is 13.8 Å². The minimum atomic E-state index is -1.71. The molecule has 0 fully saturated rings. The monoisotopic (exact) mass is 206 g/mol. The number of hydrogen-bond acceptors (Lipinski definition) is 5. The molecule has 0 atom stereocenters. The van der Waals surface area contributed by atoms with Crippen molar-refractivity contribution in [2.24, 2.45) is 0 Å². The van der Waals surface area contributed by atoms with E-state index in [-0.39, 0.29) is 24.4 Å². The predicted octanol–water partition coefficient (Wildman–Crippen LogP) is -0.439. The van der Waals surface area contributed by atoms with Crippen molar-refractivity contribution >= 4 is 21.0 Å². The second-order valence-electron chi connectivity index (χ2n) is 2.46. The average molecular weight is 206 g/mol. The molecular weight excluding hydrogens is 192 g/mol. The van der Waals surface area contributed by atoms with E-state index in [1.165, 1.54) is 21.0 Å². The van der Waals surface area contributed by atoms with E-state index in [1.54, 1.807) is 0 Å². The summed E-state index contributed by atoms with van der Waals surface area (Å²) in [7, 11) is -0.194. The molecule has 76 valence electrons. The lowest BCUT2D eigenvalue weighted by Crippen LogP contribution is -2.31. The smallest absolute Gasteiger partial charge is 0.302 e.